The second kappa shape index (κ2) is 9.14. The molecule has 3 rings (SSSR count). The van der Waals surface area contributed by atoms with Gasteiger partial charge in [0.25, 0.3) is 0 Å². The van der Waals surface area contributed by atoms with Crippen molar-refractivity contribution in [1.29, 1.82) is 0 Å². The van der Waals surface area contributed by atoms with E-state index in [4.69, 9.17) is 11.6 Å². The van der Waals surface area contributed by atoms with Crippen molar-refractivity contribution in [3.05, 3.63) is 82.4 Å². The number of rotatable bonds is 7. The van der Waals surface area contributed by atoms with E-state index in [1.807, 2.05) is 55.5 Å². The maximum absolute atomic E-state index is 12.1. The summed E-state index contributed by atoms with van der Waals surface area (Å²) in [5, 5.41) is 14.9. The predicted molar refractivity (Wildman–Crippen MR) is 109 cm³/mol. The Bertz CT molecular complexity index is 912. The van der Waals surface area contributed by atoms with Crippen molar-refractivity contribution >= 4 is 29.1 Å². The third kappa shape index (κ3) is 6.08. The maximum atomic E-state index is 12.1. The number of aromatic nitrogens is 2. The van der Waals surface area contributed by atoms with Crippen molar-refractivity contribution < 1.29 is 4.79 Å². The van der Waals surface area contributed by atoms with E-state index in [2.05, 4.69) is 20.8 Å². The predicted octanol–water partition coefficient (Wildman–Crippen LogP) is 4.27. The van der Waals surface area contributed by atoms with E-state index in [9.17, 15) is 4.79 Å². The van der Waals surface area contributed by atoms with Gasteiger partial charge in [-0.1, -0.05) is 53.6 Å². The molecule has 2 aromatic carbocycles. The van der Waals surface area contributed by atoms with Crippen LogP contribution in [-0.2, 0) is 17.6 Å². The van der Waals surface area contributed by atoms with Gasteiger partial charge in [-0.05, 0) is 48.7 Å². The van der Waals surface area contributed by atoms with Crippen LogP contribution in [0.2, 0.25) is 5.02 Å². The van der Waals surface area contributed by atoms with Gasteiger partial charge in [-0.25, -0.2) is 0 Å². The van der Waals surface area contributed by atoms with Crippen LogP contribution in [0.1, 0.15) is 16.7 Å². The van der Waals surface area contributed by atoms with Gasteiger partial charge < -0.3 is 10.6 Å². The lowest BCUT2D eigenvalue weighted by molar-refractivity contribution is -0.115. The fourth-order valence-corrected chi connectivity index (χ4v) is 2.93. The summed E-state index contributed by atoms with van der Waals surface area (Å²) in [6.45, 7) is 2.72. The van der Waals surface area contributed by atoms with Gasteiger partial charge in [0.2, 0.25) is 5.91 Å². The number of carbonyl (C=O) groups is 1. The molecule has 0 unspecified atom stereocenters. The SMILES string of the molecule is Cc1cccc(CC(=O)Nc2ccc(NCCc3cccc(Cl)c3)nn2)c1. The van der Waals surface area contributed by atoms with E-state index in [-0.39, 0.29) is 5.91 Å². The molecule has 0 saturated carbocycles. The molecule has 0 radical (unpaired) electrons. The molecular formula is C21H21ClN4O. The Hall–Kier alpha value is -2.92. The number of hydrogen-bond acceptors (Lipinski definition) is 4. The summed E-state index contributed by atoms with van der Waals surface area (Å²) < 4.78 is 0. The van der Waals surface area contributed by atoms with Crippen molar-refractivity contribution in [2.75, 3.05) is 17.2 Å². The largest absolute Gasteiger partial charge is 0.368 e. The molecule has 1 heterocycles. The molecule has 27 heavy (non-hydrogen) atoms. The number of halogens is 1. The first-order valence-corrected chi connectivity index (χ1v) is 9.14. The summed E-state index contributed by atoms with van der Waals surface area (Å²) in [7, 11) is 0. The summed E-state index contributed by atoms with van der Waals surface area (Å²) >= 11 is 5.98. The Balaban J connectivity index is 1.47. The van der Waals surface area contributed by atoms with Crippen molar-refractivity contribution in [2.45, 2.75) is 19.8 Å². The van der Waals surface area contributed by atoms with Gasteiger partial charge >= 0.3 is 0 Å². The van der Waals surface area contributed by atoms with Crippen LogP contribution >= 0.6 is 11.6 Å². The fraction of sp³-hybridized carbons (Fsp3) is 0.190. The lowest BCUT2D eigenvalue weighted by Gasteiger charge is -2.07. The van der Waals surface area contributed by atoms with Gasteiger partial charge in [-0.3, -0.25) is 4.79 Å². The van der Waals surface area contributed by atoms with Crippen LogP contribution in [-0.4, -0.2) is 22.6 Å². The van der Waals surface area contributed by atoms with Crippen LogP contribution in [0.5, 0.6) is 0 Å². The highest BCUT2D eigenvalue weighted by Gasteiger charge is 2.06. The molecule has 0 saturated heterocycles. The normalized spacial score (nSPS) is 10.4. The lowest BCUT2D eigenvalue weighted by Crippen LogP contribution is -2.16. The van der Waals surface area contributed by atoms with Gasteiger partial charge in [-0.2, -0.15) is 0 Å². The standard InChI is InChI=1S/C21H21ClN4O/c1-15-4-2-6-17(12-15)14-21(27)24-20-9-8-19(25-26-20)23-11-10-16-5-3-7-18(22)13-16/h2-9,12-13H,10-11,14H2,1H3,(H,23,25)(H,24,26,27). The molecule has 2 N–H and O–H groups in total. The molecule has 138 valence electrons. The number of nitrogens with zero attached hydrogens (tertiary/aromatic N) is 2. The van der Waals surface area contributed by atoms with E-state index < -0.39 is 0 Å². The number of benzene rings is 2. The highest BCUT2D eigenvalue weighted by atomic mass is 35.5. The maximum Gasteiger partial charge on any atom is 0.229 e. The molecule has 0 bridgehead atoms. The van der Waals surface area contributed by atoms with Crippen LogP contribution < -0.4 is 10.6 Å². The summed E-state index contributed by atoms with van der Waals surface area (Å²) in [6.07, 6.45) is 1.14. The van der Waals surface area contributed by atoms with Crippen molar-refractivity contribution in [2.24, 2.45) is 0 Å². The van der Waals surface area contributed by atoms with E-state index in [1.54, 1.807) is 12.1 Å². The fourth-order valence-electron chi connectivity index (χ4n) is 2.72. The Labute approximate surface area is 163 Å². The minimum atomic E-state index is -0.114. The summed E-state index contributed by atoms with van der Waals surface area (Å²) in [5.74, 6) is 0.985. The number of carbonyl (C=O) groups excluding carboxylic acids is 1. The molecule has 0 aliphatic carbocycles. The molecule has 0 aliphatic rings. The zero-order valence-corrected chi connectivity index (χ0v) is 15.8. The zero-order chi connectivity index (χ0) is 19.1. The van der Waals surface area contributed by atoms with E-state index in [1.165, 1.54) is 0 Å². The second-order valence-corrected chi connectivity index (χ2v) is 6.76. The third-order valence-electron chi connectivity index (χ3n) is 3.99. The number of aryl methyl sites for hydroxylation is 1. The number of nitrogens with one attached hydrogen (secondary N) is 2. The summed E-state index contributed by atoms with van der Waals surface area (Å²) in [6, 6.07) is 19.2. The van der Waals surface area contributed by atoms with E-state index in [0.29, 0.717) is 24.6 Å². The number of amides is 1. The number of anilines is 2. The van der Waals surface area contributed by atoms with Crippen LogP contribution in [0.25, 0.3) is 0 Å². The first kappa shape index (κ1) is 18.9. The Morgan fingerprint density at radius 3 is 2.44 bits per heavy atom. The minimum Gasteiger partial charge on any atom is -0.368 e. The molecule has 1 aromatic heterocycles. The molecule has 3 aromatic rings. The van der Waals surface area contributed by atoms with E-state index >= 15 is 0 Å². The average molecular weight is 381 g/mol. The summed E-state index contributed by atoms with van der Waals surface area (Å²) in [5.41, 5.74) is 3.26. The minimum absolute atomic E-state index is 0.114. The van der Waals surface area contributed by atoms with Gasteiger partial charge in [0.05, 0.1) is 6.42 Å². The first-order valence-electron chi connectivity index (χ1n) is 8.76. The molecule has 0 aliphatic heterocycles. The first-order chi connectivity index (χ1) is 13.1. The molecule has 0 fully saturated rings. The van der Waals surface area contributed by atoms with Crippen LogP contribution in [0.15, 0.2) is 60.7 Å². The topological polar surface area (TPSA) is 66.9 Å². The van der Waals surface area contributed by atoms with Crippen molar-refractivity contribution in [3.63, 3.8) is 0 Å². The molecule has 0 atom stereocenters. The average Bonchev–Trinajstić information content (AvgIpc) is 2.63. The highest BCUT2D eigenvalue weighted by Crippen LogP contribution is 2.12. The molecular weight excluding hydrogens is 360 g/mol. The van der Waals surface area contributed by atoms with Gasteiger partial charge in [-0.15, -0.1) is 10.2 Å². The van der Waals surface area contributed by atoms with E-state index in [0.717, 1.165) is 28.1 Å². The zero-order valence-electron chi connectivity index (χ0n) is 15.1. The smallest absolute Gasteiger partial charge is 0.229 e. The van der Waals surface area contributed by atoms with Gasteiger partial charge in [0, 0.05) is 11.6 Å². The van der Waals surface area contributed by atoms with Crippen LogP contribution in [0.4, 0.5) is 11.6 Å². The highest BCUT2D eigenvalue weighted by molar-refractivity contribution is 6.30. The molecule has 6 heteroatoms. The molecule has 5 nitrogen and oxygen atoms in total. The van der Waals surface area contributed by atoms with Crippen LogP contribution in [0, 0.1) is 6.92 Å². The monoisotopic (exact) mass is 380 g/mol. The lowest BCUT2D eigenvalue weighted by atomic mass is 10.1. The van der Waals surface area contributed by atoms with Gasteiger partial charge in [0.1, 0.15) is 5.82 Å². The molecule has 0 spiro atoms. The molecule has 1 amide bonds. The Kier molecular flexibility index (Phi) is 6.39. The Morgan fingerprint density at radius 1 is 0.963 bits per heavy atom. The Morgan fingerprint density at radius 2 is 1.70 bits per heavy atom. The van der Waals surface area contributed by atoms with Crippen molar-refractivity contribution in [1.82, 2.24) is 10.2 Å². The van der Waals surface area contributed by atoms with Crippen molar-refractivity contribution in [3.8, 4) is 0 Å². The number of hydrogen-bond donors (Lipinski definition) is 2. The quantitative estimate of drug-likeness (QED) is 0.642. The summed E-state index contributed by atoms with van der Waals surface area (Å²) in [4.78, 5) is 12.1. The van der Waals surface area contributed by atoms with Crippen LogP contribution in [0.3, 0.4) is 0 Å². The second-order valence-electron chi connectivity index (χ2n) is 6.32. The third-order valence-corrected chi connectivity index (χ3v) is 4.22. The van der Waals surface area contributed by atoms with Gasteiger partial charge in [0.15, 0.2) is 5.82 Å².